The lowest BCUT2D eigenvalue weighted by molar-refractivity contribution is -0.126. The first-order valence-electron chi connectivity index (χ1n) is 6.84. The van der Waals surface area contributed by atoms with Crippen LogP contribution in [0.15, 0.2) is 36.4 Å². The molecule has 0 aromatic heterocycles. The number of rotatable bonds is 1. The second-order valence-corrected chi connectivity index (χ2v) is 5.10. The average molecular weight is 270 g/mol. The van der Waals surface area contributed by atoms with Gasteiger partial charge in [-0.25, -0.2) is 4.79 Å². The zero-order valence-electron chi connectivity index (χ0n) is 10.9. The Balaban J connectivity index is 1.77. The monoisotopic (exact) mass is 270 g/mol. The lowest BCUT2D eigenvalue weighted by atomic mass is 10.0. The Morgan fingerprint density at radius 3 is 2.80 bits per heavy atom. The van der Waals surface area contributed by atoms with Crippen molar-refractivity contribution in [3.63, 3.8) is 0 Å². The second-order valence-electron chi connectivity index (χ2n) is 5.10. The predicted octanol–water partition coefficient (Wildman–Crippen LogP) is 2.89. The SMILES string of the molecule is O=C1OC(C2CCCO2)Oc2ccc3ccccc3c21. The van der Waals surface area contributed by atoms with E-state index in [-0.39, 0.29) is 12.1 Å². The van der Waals surface area contributed by atoms with E-state index in [0.29, 0.717) is 17.9 Å². The molecule has 0 bridgehead atoms. The van der Waals surface area contributed by atoms with E-state index in [1.54, 1.807) is 0 Å². The van der Waals surface area contributed by atoms with Gasteiger partial charge in [-0.15, -0.1) is 0 Å². The third-order valence-corrected chi connectivity index (χ3v) is 3.83. The number of carbonyl (C=O) groups is 1. The summed E-state index contributed by atoms with van der Waals surface area (Å²) in [6.45, 7) is 0.701. The molecule has 0 aliphatic carbocycles. The molecule has 0 saturated carbocycles. The van der Waals surface area contributed by atoms with E-state index in [0.717, 1.165) is 23.6 Å². The Bertz CT molecular complexity index is 673. The lowest BCUT2D eigenvalue weighted by Crippen LogP contribution is -2.39. The van der Waals surface area contributed by atoms with Gasteiger partial charge in [0.1, 0.15) is 17.4 Å². The van der Waals surface area contributed by atoms with Crippen molar-refractivity contribution in [1.82, 2.24) is 0 Å². The molecule has 0 N–H and O–H groups in total. The number of fused-ring (bicyclic) bond motifs is 3. The number of cyclic esters (lactones) is 1. The average Bonchev–Trinajstić information content (AvgIpc) is 3.01. The van der Waals surface area contributed by atoms with Crippen molar-refractivity contribution in [3.8, 4) is 5.75 Å². The molecule has 2 atom stereocenters. The van der Waals surface area contributed by atoms with Crippen molar-refractivity contribution in [3.05, 3.63) is 42.0 Å². The van der Waals surface area contributed by atoms with Crippen LogP contribution in [0.25, 0.3) is 10.8 Å². The van der Waals surface area contributed by atoms with Gasteiger partial charge in [0, 0.05) is 6.61 Å². The standard InChI is InChI=1S/C16H14O4/c17-15-14-11-5-2-1-4-10(11)7-8-12(14)19-16(20-15)13-6-3-9-18-13/h1-2,4-5,7-8,13,16H,3,6,9H2. The topological polar surface area (TPSA) is 44.8 Å². The summed E-state index contributed by atoms with van der Waals surface area (Å²) in [7, 11) is 0. The van der Waals surface area contributed by atoms with Crippen LogP contribution in [-0.4, -0.2) is 25.0 Å². The molecule has 2 aliphatic heterocycles. The van der Waals surface area contributed by atoms with Gasteiger partial charge in [-0.05, 0) is 29.7 Å². The van der Waals surface area contributed by atoms with E-state index in [4.69, 9.17) is 14.2 Å². The van der Waals surface area contributed by atoms with Crippen LogP contribution in [0.1, 0.15) is 23.2 Å². The van der Waals surface area contributed by atoms with Gasteiger partial charge in [-0.1, -0.05) is 30.3 Å². The molecule has 102 valence electrons. The van der Waals surface area contributed by atoms with Crippen LogP contribution in [-0.2, 0) is 9.47 Å². The first-order chi connectivity index (χ1) is 9.83. The molecule has 1 saturated heterocycles. The highest BCUT2D eigenvalue weighted by Crippen LogP contribution is 2.35. The molecule has 20 heavy (non-hydrogen) atoms. The molecule has 2 unspecified atom stereocenters. The molecule has 0 spiro atoms. The summed E-state index contributed by atoms with van der Waals surface area (Å²) >= 11 is 0. The smallest absolute Gasteiger partial charge is 0.345 e. The first kappa shape index (κ1) is 11.7. The van der Waals surface area contributed by atoms with Crippen LogP contribution in [0.2, 0.25) is 0 Å². The summed E-state index contributed by atoms with van der Waals surface area (Å²) < 4.78 is 16.8. The maximum atomic E-state index is 12.3. The molecule has 4 heteroatoms. The second kappa shape index (κ2) is 4.49. The summed E-state index contributed by atoms with van der Waals surface area (Å²) in [5, 5.41) is 1.86. The molecule has 1 fully saturated rings. The van der Waals surface area contributed by atoms with Crippen molar-refractivity contribution in [2.75, 3.05) is 6.61 Å². The van der Waals surface area contributed by atoms with Crippen LogP contribution in [0.4, 0.5) is 0 Å². The van der Waals surface area contributed by atoms with Crippen molar-refractivity contribution in [2.45, 2.75) is 25.2 Å². The zero-order chi connectivity index (χ0) is 13.5. The minimum atomic E-state index is -0.626. The highest BCUT2D eigenvalue weighted by molar-refractivity contribution is 6.07. The maximum absolute atomic E-state index is 12.3. The highest BCUT2D eigenvalue weighted by atomic mass is 16.7. The Labute approximate surface area is 116 Å². The van der Waals surface area contributed by atoms with Crippen molar-refractivity contribution < 1.29 is 19.0 Å². The summed E-state index contributed by atoms with van der Waals surface area (Å²) in [5.41, 5.74) is 0.511. The molecular formula is C16H14O4. The fourth-order valence-corrected chi connectivity index (χ4v) is 2.84. The number of hydrogen-bond donors (Lipinski definition) is 0. The van der Waals surface area contributed by atoms with E-state index < -0.39 is 6.29 Å². The minimum absolute atomic E-state index is 0.154. The van der Waals surface area contributed by atoms with Crippen molar-refractivity contribution >= 4 is 16.7 Å². The fraction of sp³-hybridized carbons (Fsp3) is 0.312. The Kier molecular flexibility index (Phi) is 2.63. The summed E-state index contributed by atoms with van der Waals surface area (Å²) in [5.74, 6) is 0.254. The minimum Gasteiger partial charge on any atom is -0.451 e. The van der Waals surface area contributed by atoms with Crippen molar-refractivity contribution in [1.29, 1.82) is 0 Å². The third kappa shape index (κ3) is 1.76. The van der Waals surface area contributed by atoms with Crippen LogP contribution >= 0.6 is 0 Å². The van der Waals surface area contributed by atoms with Crippen molar-refractivity contribution in [2.24, 2.45) is 0 Å². The largest absolute Gasteiger partial charge is 0.451 e. The molecular weight excluding hydrogens is 256 g/mol. The molecule has 2 aromatic rings. The van der Waals surface area contributed by atoms with Gasteiger partial charge in [0.2, 0.25) is 0 Å². The van der Waals surface area contributed by atoms with Crippen LogP contribution in [0.3, 0.4) is 0 Å². The summed E-state index contributed by atoms with van der Waals surface area (Å²) in [6, 6.07) is 11.5. The number of esters is 1. The molecule has 2 aliphatic rings. The molecule has 0 amide bonds. The van der Waals surface area contributed by atoms with Gasteiger partial charge >= 0.3 is 5.97 Å². The van der Waals surface area contributed by atoms with Gasteiger partial charge in [-0.3, -0.25) is 0 Å². The molecule has 0 radical (unpaired) electrons. The molecule has 2 heterocycles. The number of hydrogen-bond acceptors (Lipinski definition) is 4. The van der Waals surface area contributed by atoms with E-state index in [9.17, 15) is 4.79 Å². The van der Waals surface area contributed by atoms with E-state index >= 15 is 0 Å². The summed E-state index contributed by atoms with van der Waals surface area (Å²) in [6.07, 6.45) is 1.06. The van der Waals surface area contributed by atoms with Crippen LogP contribution in [0, 0.1) is 0 Å². The van der Waals surface area contributed by atoms with Crippen LogP contribution < -0.4 is 4.74 Å². The van der Waals surface area contributed by atoms with E-state index in [2.05, 4.69) is 0 Å². The highest BCUT2D eigenvalue weighted by Gasteiger charge is 2.36. The van der Waals surface area contributed by atoms with E-state index in [1.807, 2.05) is 36.4 Å². The predicted molar refractivity (Wildman–Crippen MR) is 72.8 cm³/mol. The molecule has 4 nitrogen and oxygen atoms in total. The number of benzene rings is 2. The Hall–Kier alpha value is -2.07. The number of ether oxygens (including phenoxy) is 3. The fourth-order valence-electron chi connectivity index (χ4n) is 2.84. The normalized spacial score (nSPS) is 25.1. The first-order valence-corrected chi connectivity index (χ1v) is 6.84. The molecule has 2 aromatic carbocycles. The molecule has 4 rings (SSSR count). The third-order valence-electron chi connectivity index (χ3n) is 3.83. The van der Waals surface area contributed by atoms with Gasteiger partial charge in [0.25, 0.3) is 6.29 Å². The van der Waals surface area contributed by atoms with Gasteiger partial charge in [0.05, 0.1) is 0 Å². The Morgan fingerprint density at radius 2 is 1.95 bits per heavy atom. The van der Waals surface area contributed by atoms with Gasteiger partial charge in [-0.2, -0.15) is 0 Å². The quantitative estimate of drug-likeness (QED) is 0.747. The van der Waals surface area contributed by atoms with E-state index in [1.165, 1.54) is 0 Å². The van der Waals surface area contributed by atoms with Gasteiger partial charge < -0.3 is 14.2 Å². The summed E-state index contributed by atoms with van der Waals surface area (Å²) in [4.78, 5) is 12.3. The maximum Gasteiger partial charge on any atom is 0.345 e. The lowest BCUT2D eigenvalue weighted by Gasteiger charge is -2.29. The van der Waals surface area contributed by atoms with Gasteiger partial charge in [0.15, 0.2) is 0 Å². The zero-order valence-corrected chi connectivity index (χ0v) is 10.9. The number of carbonyl (C=O) groups excluding carboxylic acids is 1. The Morgan fingerprint density at radius 1 is 1.05 bits per heavy atom. The van der Waals surface area contributed by atoms with Crippen LogP contribution in [0.5, 0.6) is 5.75 Å².